The number of ether oxygens (including phenoxy) is 1. The number of hydrogen-bond donors (Lipinski definition) is 1. The molecule has 0 amide bonds. The summed E-state index contributed by atoms with van der Waals surface area (Å²) in [5.41, 5.74) is 0.409. The van der Waals surface area contributed by atoms with Gasteiger partial charge in [0.25, 0.3) is 0 Å². The molecule has 0 saturated heterocycles. The molecule has 82 valence electrons. The van der Waals surface area contributed by atoms with Crippen molar-refractivity contribution < 1.29 is 19.0 Å². The Morgan fingerprint density at radius 3 is 2.73 bits per heavy atom. The van der Waals surface area contributed by atoms with Gasteiger partial charge in [0.05, 0.1) is 11.6 Å². The first-order chi connectivity index (χ1) is 6.97. The maximum absolute atomic E-state index is 13.5. The Bertz CT molecular complexity index is 404. The van der Waals surface area contributed by atoms with E-state index >= 15 is 0 Å². The molecule has 0 aliphatic heterocycles. The van der Waals surface area contributed by atoms with Crippen molar-refractivity contribution in [3.8, 4) is 11.5 Å². The summed E-state index contributed by atoms with van der Waals surface area (Å²) < 4.78 is 18.5. The number of methoxy groups -OCH3 is 1. The molecule has 15 heavy (non-hydrogen) atoms. The average Bonchev–Trinajstić information content (AvgIpc) is 2.14. The molecule has 0 aliphatic carbocycles. The lowest BCUT2D eigenvalue weighted by molar-refractivity contribution is -0.116. The Hall–Kier alpha value is -1.10. The van der Waals surface area contributed by atoms with Gasteiger partial charge >= 0.3 is 0 Å². The summed E-state index contributed by atoms with van der Waals surface area (Å²) in [6.07, 6.45) is 0.0684. The maximum atomic E-state index is 13.5. The van der Waals surface area contributed by atoms with Crippen LogP contribution in [0.25, 0.3) is 0 Å². The zero-order valence-electron chi connectivity index (χ0n) is 8.30. The highest BCUT2D eigenvalue weighted by Crippen LogP contribution is 2.36. The van der Waals surface area contributed by atoms with Gasteiger partial charge in [-0.1, -0.05) is 0 Å². The second kappa shape index (κ2) is 4.61. The van der Waals surface area contributed by atoms with Crippen molar-refractivity contribution in [3.05, 3.63) is 21.9 Å². The van der Waals surface area contributed by atoms with Gasteiger partial charge in [0.15, 0.2) is 11.5 Å². The maximum Gasteiger partial charge on any atom is 0.208 e. The summed E-state index contributed by atoms with van der Waals surface area (Å²) in [6.45, 7) is 1.40. The van der Waals surface area contributed by atoms with Crippen molar-refractivity contribution in [1.29, 1.82) is 0 Å². The summed E-state index contributed by atoms with van der Waals surface area (Å²) in [5, 5.41) is 9.29. The van der Waals surface area contributed by atoms with Crippen LogP contribution < -0.4 is 4.74 Å². The third-order valence-corrected chi connectivity index (χ3v) is 2.47. The van der Waals surface area contributed by atoms with E-state index in [2.05, 4.69) is 15.9 Å². The van der Waals surface area contributed by atoms with Crippen molar-refractivity contribution in [2.45, 2.75) is 13.3 Å². The van der Waals surface area contributed by atoms with E-state index in [0.717, 1.165) is 0 Å². The fraction of sp³-hybridized carbons (Fsp3) is 0.300. The van der Waals surface area contributed by atoms with Crippen molar-refractivity contribution in [2.24, 2.45) is 0 Å². The highest BCUT2D eigenvalue weighted by Gasteiger charge is 2.18. The lowest BCUT2D eigenvalue weighted by Crippen LogP contribution is -2.02. The van der Waals surface area contributed by atoms with Gasteiger partial charge < -0.3 is 9.84 Å². The van der Waals surface area contributed by atoms with Gasteiger partial charge in [-0.25, -0.2) is 0 Å². The van der Waals surface area contributed by atoms with E-state index in [1.165, 1.54) is 20.1 Å². The van der Waals surface area contributed by atoms with Crippen molar-refractivity contribution in [3.63, 3.8) is 0 Å². The molecule has 1 rings (SSSR count). The molecule has 3 nitrogen and oxygen atoms in total. The summed E-state index contributed by atoms with van der Waals surface area (Å²) in [6, 6.07) is 1.47. The van der Waals surface area contributed by atoms with Crippen molar-refractivity contribution >= 4 is 21.7 Å². The van der Waals surface area contributed by atoms with Gasteiger partial charge in [0.1, 0.15) is 5.78 Å². The van der Waals surface area contributed by atoms with Crippen LogP contribution in [-0.2, 0) is 11.2 Å². The number of carbonyl (C=O) groups excluding carboxylic acids is 1. The quantitative estimate of drug-likeness (QED) is 0.923. The highest BCUT2D eigenvalue weighted by atomic mass is 79.9. The Morgan fingerprint density at radius 2 is 2.27 bits per heavy atom. The molecule has 1 aromatic carbocycles. The average molecular weight is 277 g/mol. The first-order valence-electron chi connectivity index (χ1n) is 4.20. The molecule has 0 aliphatic rings. The fourth-order valence-electron chi connectivity index (χ4n) is 1.26. The van der Waals surface area contributed by atoms with Gasteiger partial charge in [0.2, 0.25) is 5.82 Å². The van der Waals surface area contributed by atoms with E-state index in [1.54, 1.807) is 0 Å². The number of halogens is 2. The molecule has 0 fully saturated rings. The van der Waals surface area contributed by atoms with Crippen LogP contribution in [0.2, 0.25) is 0 Å². The number of phenols is 1. The standard InChI is InChI=1S/C10H10BrFO3/c1-5(13)3-6-4-7(11)9(14)8(12)10(6)15-2/h4,14H,3H2,1-2H3. The van der Waals surface area contributed by atoms with E-state index < -0.39 is 11.6 Å². The van der Waals surface area contributed by atoms with E-state index in [4.69, 9.17) is 4.74 Å². The smallest absolute Gasteiger partial charge is 0.208 e. The van der Waals surface area contributed by atoms with Crippen LogP contribution in [0.15, 0.2) is 10.5 Å². The lowest BCUT2D eigenvalue weighted by atomic mass is 10.1. The molecule has 0 atom stereocenters. The van der Waals surface area contributed by atoms with E-state index in [-0.39, 0.29) is 22.4 Å². The minimum Gasteiger partial charge on any atom is -0.504 e. The number of Topliss-reactive ketones (excluding diaryl/α,β-unsaturated/α-hetero) is 1. The number of carbonyl (C=O) groups is 1. The molecule has 1 aromatic rings. The number of ketones is 1. The third-order valence-electron chi connectivity index (χ3n) is 1.87. The summed E-state index contributed by atoms with van der Waals surface area (Å²) in [7, 11) is 1.29. The van der Waals surface area contributed by atoms with Crippen LogP contribution in [0.3, 0.4) is 0 Å². The molecule has 0 saturated carbocycles. The number of benzene rings is 1. The molecule has 0 aromatic heterocycles. The first-order valence-corrected chi connectivity index (χ1v) is 5.00. The van der Waals surface area contributed by atoms with Crippen LogP contribution in [-0.4, -0.2) is 18.0 Å². The molecule has 0 bridgehead atoms. The number of rotatable bonds is 3. The van der Waals surface area contributed by atoms with Gasteiger partial charge in [-0.15, -0.1) is 0 Å². The summed E-state index contributed by atoms with van der Waals surface area (Å²) in [4.78, 5) is 10.9. The second-order valence-corrected chi connectivity index (χ2v) is 3.95. The molecular weight excluding hydrogens is 267 g/mol. The normalized spacial score (nSPS) is 10.1. The number of aromatic hydroxyl groups is 1. The van der Waals surface area contributed by atoms with E-state index in [1.807, 2.05) is 0 Å². The Balaban J connectivity index is 3.31. The van der Waals surface area contributed by atoms with Crippen LogP contribution >= 0.6 is 15.9 Å². The van der Waals surface area contributed by atoms with Crippen LogP contribution in [0, 0.1) is 5.82 Å². The highest BCUT2D eigenvalue weighted by molar-refractivity contribution is 9.10. The molecular formula is C10H10BrFO3. The molecule has 5 heteroatoms. The SMILES string of the molecule is COc1c(CC(C)=O)cc(Br)c(O)c1F. The number of hydrogen-bond acceptors (Lipinski definition) is 3. The monoisotopic (exact) mass is 276 g/mol. The van der Waals surface area contributed by atoms with Crippen LogP contribution in [0.4, 0.5) is 4.39 Å². The molecule has 0 radical (unpaired) electrons. The predicted molar refractivity (Wildman–Crippen MR) is 56.7 cm³/mol. The van der Waals surface area contributed by atoms with Gasteiger partial charge in [-0.2, -0.15) is 4.39 Å². The number of phenolic OH excluding ortho intramolecular Hbond substituents is 1. The molecule has 0 spiro atoms. The van der Waals surface area contributed by atoms with E-state index in [0.29, 0.717) is 5.56 Å². The van der Waals surface area contributed by atoms with Gasteiger partial charge in [0, 0.05) is 12.0 Å². The van der Waals surface area contributed by atoms with Gasteiger partial charge in [-0.3, -0.25) is 4.79 Å². The minimum atomic E-state index is -0.858. The third kappa shape index (κ3) is 2.47. The Morgan fingerprint density at radius 1 is 1.67 bits per heavy atom. The summed E-state index contributed by atoms with van der Waals surface area (Å²) in [5.74, 6) is -1.57. The Labute approximate surface area is 95.0 Å². The Kier molecular flexibility index (Phi) is 3.68. The lowest BCUT2D eigenvalue weighted by Gasteiger charge is -2.10. The second-order valence-electron chi connectivity index (χ2n) is 3.09. The van der Waals surface area contributed by atoms with Crippen molar-refractivity contribution in [1.82, 2.24) is 0 Å². The van der Waals surface area contributed by atoms with Crippen LogP contribution in [0.1, 0.15) is 12.5 Å². The van der Waals surface area contributed by atoms with E-state index in [9.17, 15) is 14.3 Å². The first kappa shape index (κ1) is 12.0. The fourth-order valence-corrected chi connectivity index (χ4v) is 1.71. The zero-order chi connectivity index (χ0) is 11.6. The molecule has 0 unspecified atom stereocenters. The molecule has 0 heterocycles. The van der Waals surface area contributed by atoms with Crippen LogP contribution in [0.5, 0.6) is 11.5 Å². The van der Waals surface area contributed by atoms with Gasteiger partial charge in [-0.05, 0) is 28.9 Å². The summed E-state index contributed by atoms with van der Waals surface area (Å²) >= 11 is 2.99. The van der Waals surface area contributed by atoms with Crippen molar-refractivity contribution in [2.75, 3.05) is 7.11 Å². The topological polar surface area (TPSA) is 46.5 Å². The molecule has 1 N–H and O–H groups in total. The zero-order valence-corrected chi connectivity index (χ0v) is 9.89. The largest absolute Gasteiger partial charge is 0.504 e. The minimum absolute atomic E-state index is 0.0684. The predicted octanol–water partition coefficient (Wildman–Crippen LogP) is 2.43.